The molecule has 0 atom stereocenters. The fourth-order valence-electron chi connectivity index (χ4n) is 6.07. The smallest absolute Gasteiger partial charge is 0.303 e. The van der Waals surface area contributed by atoms with Gasteiger partial charge in [-0.1, -0.05) is 42.0 Å². The summed E-state index contributed by atoms with van der Waals surface area (Å²) in [6.45, 7) is 4.43. The van der Waals surface area contributed by atoms with Crippen molar-refractivity contribution in [1.82, 2.24) is 13.5 Å². The molecule has 1 aliphatic rings. The molecule has 1 aromatic heterocycles. The molecule has 4 aromatic rings. The lowest BCUT2D eigenvalue weighted by Crippen LogP contribution is -2.50. The van der Waals surface area contributed by atoms with E-state index >= 15 is 0 Å². The first kappa shape index (κ1) is 34.9. The van der Waals surface area contributed by atoms with Crippen molar-refractivity contribution >= 4 is 59.6 Å². The first-order valence-corrected chi connectivity index (χ1v) is 18.8. The summed E-state index contributed by atoms with van der Waals surface area (Å²) in [5.74, 6) is -2.09. The number of aromatic nitrogens is 1. The molecule has 2 amide bonds. The van der Waals surface area contributed by atoms with Crippen LogP contribution in [0.25, 0.3) is 21.8 Å². The van der Waals surface area contributed by atoms with E-state index in [9.17, 15) is 36.3 Å². The fourth-order valence-corrected chi connectivity index (χ4v) is 8.95. The molecular formula is C34H39N4O8S2+. The third-order valence-electron chi connectivity index (χ3n) is 8.59. The van der Waals surface area contributed by atoms with Crippen molar-refractivity contribution in [2.45, 2.75) is 44.6 Å². The highest BCUT2D eigenvalue weighted by Gasteiger charge is 2.34. The number of benzene rings is 3. The van der Waals surface area contributed by atoms with E-state index in [1.54, 1.807) is 65.6 Å². The second-order valence-electron chi connectivity index (χ2n) is 11.8. The number of aliphatic carboxylic acids is 1. The van der Waals surface area contributed by atoms with Crippen LogP contribution in [-0.2, 0) is 36.2 Å². The number of carboxylic acid groups (broad SMARTS) is 1. The Labute approximate surface area is 280 Å². The van der Waals surface area contributed by atoms with E-state index in [4.69, 9.17) is 0 Å². The average molecular weight is 696 g/mol. The highest BCUT2D eigenvalue weighted by Crippen LogP contribution is 2.29. The van der Waals surface area contributed by atoms with Gasteiger partial charge in [0.05, 0.1) is 27.0 Å². The van der Waals surface area contributed by atoms with Crippen molar-refractivity contribution in [3.63, 3.8) is 0 Å². The molecule has 1 fully saturated rings. The Morgan fingerprint density at radius 1 is 0.812 bits per heavy atom. The molecule has 1 saturated heterocycles. The van der Waals surface area contributed by atoms with Gasteiger partial charge >= 0.3 is 5.97 Å². The Kier molecular flexibility index (Phi) is 10.5. The Balaban J connectivity index is 1.52. The summed E-state index contributed by atoms with van der Waals surface area (Å²) < 4.78 is 58.5. The van der Waals surface area contributed by atoms with E-state index in [0.717, 1.165) is 9.87 Å². The van der Waals surface area contributed by atoms with Gasteiger partial charge in [-0.15, -0.1) is 0 Å². The molecule has 5 rings (SSSR count). The van der Waals surface area contributed by atoms with Crippen LogP contribution in [0, 0.1) is 6.92 Å². The molecule has 0 bridgehead atoms. The summed E-state index contributed by atoms with van der Waals surface area (Å²) in [6, 6.07) is 20.2. The number of aryl methyl sites for hydroxylation is 2. The standard InChI is InChI=1S/C34H38N4O8S2/c1-25-14-16-27(17-15-25)48(45,46)38(19-7-13-32(40)41)34(42)33-28-9-3-5-11-30(28)37(31-12-6-4-10-29(31)33)18-8-24-47(43,44)36-22-20-35(21-23-36)26(2)39/h3-6,9-12,14-17H,7-8,13,18-24H2,1-2H3/p+1. The SMILES string of the molecule is CC(=O)N1CCN(S(=O)(=O)CCC[n+]2c3ccccc3c(C(=O)N(CCCC(=O)O)S(=O)(=O)c3ccc(C)cc3)c3ccccc32)CC1. The zero-order valence-corrected chi connectivity index (χ0v) is 28.5. The molecule has 48 heavy (non-hydrogen) atoms. The van der Waals surface area contributed by atoms with Crippen LogP contribution < -0.4 is 4.57 Å². The number of piperazine rings is 1. The number of rotatable bonds is 12. The van der Waals surface area contributed by atoms with Crippen LogP contribution in [0.4, 0.5) is 0 Å². The molecule has 254 valence electrons. The predicted octanol–water partition coefficient (Wildman–Crippen LogP) is 3.17. The topological polar surface area (TPSA) is 153 Å². The number of hydrogen-bond donors (Lipinski definition) is 1. The number of fused-ring (bicyclic) bond motifs is 2. The zero-order chi connectivity index (χ0) is 34.6. The van der Waals surface area contributed by atoms with Crippen molar-refractivity contribution in [3.8, 4) is 0 Å². The van der Waals surface area contributed by atoms with Gasteiger partial charge in [-0.25, -0.2) is 21.1 Å². The lowest BCUT2D eigenvalue weighted by atomic mass is 10.0. The molecule has 0 radical (unpaired) electrons. The number of amides is 2. The van der Waals surface area contributed by atoms with Crippen molar-refractivity contribution < 1.29 is 40.9 Å². The van der Waals surface area contributed by atoms with Crippen molar-refractivity contribution in [2.24, 2.45) is 0 Å². The van der Waals surface area contributed by atoms with Gasteiger partial charge < -0.3 is 10.0 Å². The third-order valence-corrected chi connectivity index (χ3v) is 12.3. The molecule has 3 aromatic carbocycles. The Bertz CT molecular complexity index is 2020. The summed E-state index contributed by atoms with van der Waals surface area (Å²) in [7, 11) is -7.96. The highest BCUT2D eigenvalue weighted by molar-refractivity contribution is 7.89. The number of carbonyl (C=O) groups is 3. The van der Waals surface area contributed by atoms with Gasteiger partial charge in [0.2, 0.25) is 27.0 Å². The van der Waals surface area contributed by atoms with Crippen LogP contribution in [0.15, 0.2) is 77.7 Å². The van der Waals surface area contributed by atoms with Crippen LogP contribution >= 0.6 is 0 Å². The lowest BCUT2D eigenvalue weighted by molar-refractivity contribution is -0.645. The van der Waals surface area contributed by atoms with E-state index < -0.39 is 31.9 Å². The minimum atomic E-state index is -4.37. The zero-order valence-electron chi connectivity index (χ0n) is 26.9. The van der Waals surface area contributed by atoms with Crippen LogP contribution in [0.3, 0.4) is 0 Å². The number of nitrogens with zero attached hydrogens (tertiary/aromatic N) is 4. The Morgan fingerprint density at radius 3 is 1.92 bits per heavy atom. The van der Waals surface area contributed by atoms with Crippen LogP contribution in [0.2, 0.25) is 0 Å². The van der Waals surface area contributed by atoms with E-state index in [2.05, 4.69) is 0 Å². The maximum absolute atomic E-state index is 14.5. The quantitative estimate of drug-likeness (QED) is 0.175. The van der Waals surface area contributed by atoms with Crippen molar-refractivity contribution in [1.29, 1.82) is 0 Å². The molecule has 2 heterocycles. The third kappa shape index (κ3) is 7.35. The van der Waals surface area contributed by atoms with Crippen LogP contribution in [0.1, 0.15) is 42.1 Å². The van der Waals surface area contributed by atoms with Crippen LogP contribution in [-0.4, -0.2) is 91.7 Å². The number of carbonyl (C=O) groups excluding carboxylic acids is 2. The Morgan fingerprint density at radius 2 is 1.38 bits per heavy atom. The number of sulfonamides is 2. The average Bonchev–Trinajstić information content (AvgIpc) is 3.06. The fraction of sp³-hybridized carbons (Fsp3) is 0.353. The van der Waals surface area contributed by atoms with Crippen molar-refractivity contribution in [3.05, 3.63) is 83.9 Å². The largest absolute Gasteiger partial charge is 0.481 e. The second-order valence-corrected chi connectivity index (χ2v) is 15.8. The van der Waals surface area contributed by atoms with E-state index in [1.807, 2.05) is 11.5 Å². The molecule has 1 N–H and O–H groups in total. The second kappa shape index (κ2) is 14.4. The Hall–Kier alpha value is -4.40. The minimum absolute atomic E-state index is 0.0763. The number of hydrogen-bond acceptors (Lipinski definition) is 7. The van der Waals surface area contributed by atoms with E-state index in [1.165, 1.54) is 23.4 Å². The summed E-state index contributed by atoms with van der Waals surface area (Å²) in [5, 5.41) is 10.2. The molecule has 0 spiro atoms. The molecule has 0 saturated carbocycles. The van der Waals surface area contributed by atoms with Gasteiger partial charge in [-0.05, 0) is 37.6 Å². The van der Waals surface area contributed by atoms with Gasteiger partial charge in [0.15, 0.2) is 6.54 Å². The van der Waals surface area contributed by atoms with Gasteiger partial charge in [-0.2, -0.15) is 8.87 Å². The number of pyridine rings is 1. The lowest BCUT2D eigenvalue weighted by Gasteiger charge is -2.33. The summed E-state index contributed by atoms with van der Waals surface area (Å²) in [6.07, 6.45) is -0.129. The summed E-state index contributed by atoms with van der Waals surface area (Å²) >= 11 is 0. The normalized spacial score (nSPS) is 14.3. The maximum atomic E-state index is 14.5. The number of carboxylic acids is 1. The first-order chi connectivity index (χ1) is 22.8. The monoisotopic (exact) mass is 695 g/mol. The van der Waals surface area contributed by atoms with Gasteiger partial charge in [0, 0.05) is 64.6 Å². The summed E-state index contributed by atoms with van der Waals surface area (Å²) in [4.78, 5) is 39.1. The molecule has 14 heteroatoms. The molecule has 0 aliphatic carbocycles. The van der Waals surface area contributed by atoms with Gasteiger partial charge in [0.1, 0.15) is 0 Å². The molecule has 12 nitrogen and oxygen atoms in total. The van der Waals surface area contributed by atoms with Crippen molar-refractivity contribution in [2.75, 3.05) is 38.5 Å². The van der Waals surface area contributed by atoms with E-state index in [-0.39, 0.29) is 61.0 Å². The molecular weight excluding hydrogens is 657 g/mol. The first-order valence-electron chi connectivity index (χ1n) is 15.7. The van der Waals surface area contributed by atoms with Crippen LogP contribution in [0.5, 0.6) is 0 Å². The van der Waals surface area contributed by atoms with Gasteiger partial charge in [0.25, 0.3) is 15.9 Å². The summed E-state index contributed by atoms with van der Waals surface area (Å²) in [5.41, 5.74) is 2.22. The number of para-hydroxylation sites is 2. The maximum Gasteiger partial charge on any atom is 0.303 e. The molecule has 0 unspecified atom stereocenters. The van der Waals surface area contributed by atoms with E-state index in [0.29, 0.717) is 41.4 Å². The van der Waals surface area contributed by atoms with Gasteiger partial charge in [-0.3, -0.25) is 14.4 Å². The molecule has 1 aliphatic heterocycles. The minimum Gasteiger partial charge on any atom is -0.481 e. The highest BCUT2D eigenvalue weighted by atomic mass is 32.2. The predicted molar refractivity (Wildman–Crippen MR) is 180 cm³/mol.